The highest BCUT2D eigenvalue weighted by Crippen LogP contribution is 2.44. The van der Waals surface area contributed by atoms with Crippen molar-refractivity contribution in [1.82, 2.24) is 10.6 Å². The second kappa shape index (κ2) is 9.07. The van der Waals surface area contributed by atoms with E-state index in [2.05, 4.69) is 10.6 Å². The summed E-state index contributed by atoms with van der Waals surface area (Å²) in [5.41, 5.74) is 1.13. The molecule has 29 heavy (non-hydrogen) atoms. The number of carboxylic acids is 2. The SMILES string of the molecule is O=C(O)CNC1=CC(=O)C(NCC(=O)O)=C(/C=C2\CCCC3CCCCC23)C1=O. The lowest BCUT2D eigenvalue weighted by molar-refractivity contribution is -0.137. The number of nitrogens with one attached hydrogen (secondary N) is 2. The molecular weight excluding hydrogens is 376 g/mol. The average Bonchev–Trinajstić information content (AvgIpc) is 2.69. The highest BCUT2D eigenvalue weighted by Gasteiger charge is 2.33. The Balaban J connectivity index is 1.95. The third-order valence-electron chi connectivity index (χ3n) is 5.88. The quantitative estimate of drug-likeness (QED) is 0.472. The summed E-state index contributed by atoms with van der Waals surface area (Å²) in [4.78, 5) is 47.4. The second-order valence-electron chi connectivity index (χ2n) is 7.80. The monoisotopic (exact) mass is 402 g/mol. The molecule has 8 nitrogen and oxygen atoms in total. The minimum atomic E-state index is -1.15. The minimum Gasteiger partial charge on any atom is -0.480 e. The molecule has 2 atom stereocenters. The van der Waals surface area contributed by atoms with Crippen LogP contribution in [0, 0.1) is 11.8 Å². The number of aliphatic carboxylic acids is 2. The Morgan fingerprint density at radius 2 is 1.66 bits per heavy atom. The van der Waals surface area contributed by atoms with Crippen LogP contribution in [0.25, 0.3) is 0 Å². The number of allylic oxidation sites excluding steroid dienone is 4. The first-order valence-corrected chi connectivity index (χ1v) is 10.0. The smallest absolute Gasteiger partial charge is 0.322 e. The molecule has 8 heteroatoms. The van der Waals surface area contributed by atoms with Crippen molar-refractivity contribution in [2.75, 3.05) is 13.1 Å². The van der Waals surface area contributed by atoms with Crippen molar-refractivity contribution >= 4 is 23.5 Å². The Kier molecular flexibility index (Phi) is 6.51. The fourth-order valence-corrected chi connectivity index (χ4v) is 4.61. The van der Waals surface area contributed by atoms with E-state index in [1.54, 1.807) is 6.08 Å². The molecule has 156 valence electrons. The standard InChI is InChI=1S/C21H26N2O6/c24-17-9-16(22-10-18(25)26)21(29)15(20(17)23-11-19(27)28)8-13-6-3-5-12-4-1-2-7-14(12)13/h8-9,12,14,22-23H,1-7,10-11H2,(H,25,26)(H,27,28)/b13-8+. The number of ketones is 2. The van der Waals surface area contributed by atoms with Gasteiger partial charge in [-0.25, -0.2) is 0 Å². The molecule has 0 heterocycles. The van der Waals surface area contributed by atoms with Gasteiger partial charge in [0.25, 0.3) is 0 Å². The lowest BCUT2D eigenvalue weighted by atomic mass is 9.68. The summed E-state index contributed by atoms with van der Waals surface area (Å²) in [5.74, 6) is -2.36. The van der Waals surface area contributed by atoms with Gasteiger partial charge in [0.05, 0.1) is 17.0 Å². The van der Waals surface area contributed by atoms with Crippen molar-refractivity contribution in [3.8, 4) is 0 Å². The molecule has 3 aliphatic rings. The van der Waals surface area contributed by atoms with Crippen molar-refractivity contribution < 1.29 is 29.4 Å². The predicted octanol–water partition coefficient (Wildman–Crippen LogP) is 1.54. The zero-order valence-corrected chi connectivity index (χ0v) is 16.2. The molecule has 0 radical (unpaired) electrons. The van der Waals surface area contributed by atoms with Gasteiger partial charge in [-0.3, -0.25) is 19.2 Å². The molecule has 0 saturated heterocycles. The fraction of sp³-hybridized carbons (Fsp3) is 0.524. The lowest BCUT2D eigenvalue weighted by Gasteiger charge is -2.38. The van der Waals surface area contributed by atoms with Crippen LogP contribution in [-0.4, -0.2) is 46.8 Å². The Bertz CT molecular complexity index is 821. The minimum absolute atomic E-state index is 0.0382. The van der Waals surface area contributed by atoms with E-state index in [1.807, 2.05) is 0 Å². The molecule has 3 rings (SSSR count). The van der Waals surface area contributed by atoms with Crippen LogP contribution in [-0.2, 0) is 19.2 Å². The number of carboxylic acid groups (broad SMARTS) is 2. The molecular formula is C21H26N2O6. The van der Waals surface area contributed by atoms with E-state index in [0.29, 0.717) is 11.8 Å². The van der Waals surface area contributed by atoms with E-state index >= 15 is 0 Å². The first-order chi connectivity index (χ1) is 13.9. The molecule has 0 aliphatic heterocycles. The van der Waals surface area contributed by atoms with E-state index in [0.717, 1.165) is 37.3 Å². The zero-order valence-electron chi connectivity index (χ0n) is 16.2. The van der Waals surface area contributed by atoms with E-state index in [9.17, 15) is 19.2 Å². The number of fused-ring (bicyclic) bond motifs is 1. The number of carbonyl (C=O) groups is 4. The van der Waals surface area contributed by atoms with Crippen LogP contribution < -0.4 is 10.6 Å². The van der Waals surface area contributed by atoms with Crippen LogP contribution in [0.3, 0.4) is 0 Å². The largest absolute Gasteiger partial charge is 0.480 e. The molecule has 2 unspecified atom stereocenters. The maximum absolute atomic E-state index is 13.0. The summed E-state index contributed by atoms with van der Waals surface area (Å²) in [6.07, 6.45) is 10.4. The molecule has 0 aromatic carbocycles. The Labute approximate surface area is 168 Å². The number of hydrogen-bond donors (Lipinski definition) is 4. The molecule has 0 amide bonds. The maximum atomic E-state index is 13.0. The van der Waals surface area contributed by atoms with Crippen LogP contribution >= 0.6 is 0 Å². The van der Waals surface area contributed by atoms with Crippen molar-refractivity contribution in [3.05, 3.63) is 34.7 Å². The van der Waals surface area contributed by atoms with Gasteiger partial charge in [-0.15, -0.1) is 0 Å². The van der Waals surface area contributed by atoms with Gasteiger partial charge in [0.1, 0.15) is 13.1 Å². The second-order valence-corrected chi connectivity index (χ2v) is 7.80. The molecule has 0 bridgehead atoms. The van der Waals surface area contributed by atoms with Gasteiger partial charge in [0.15, 0.2) is 0 Å². The van der Waals surface area contributed by atoms with Crippen molar-refractivity contribution in [2.24, 2.45) is 11.8 Å². The third kappa shape index (κ3) is 4.93. The average molecular weight is 402 g/mol. The molecule has 0 aromatic rings. The molecule has 4 N–H and O–H groups in total. The highest BCUT2D eigenvalue weighted by molar-refractivity contribution is 6.23. The molecule has 2 fully saturated rings. The van der Waals surface area contributed by atoms with Gasteiger partial charge in [0, 0.05) is 6.08 Å². The first-order valence-electron chi connectivity index (χ1n) is 10.0. The lowest BCUT2D eigenvalue weighted by Crippen LogP contribution is -2.36. The normalized spacial score (nSPS) is 26.1. The van der Waals surface area contributed by atoms with Gasteiger partial charge in [-0.2, -0.15) is 0 Å². The molecule has 0 spiro atoms. The van der Waals surface area contributed by atoms with E-state index in [1.165, 1.54) is 19.3 Å². The van der Waals surface area contributed by atoms with Crippen LogP contribution in [0.1, 0.15) is 44.9 Å². The van der Waals surface area contributed by atoms with Gasteiger partial charge < -0.3 is 20.8 Å². The Morgan fingerprint density at radius 1 is 1.00 bits per heavy atom. The van der Waals surface area contributed by atoms with Crippen molar-refractivity contribution in [3.63, 3.8) is 0 Å². The van der Waals surface area contributed by atoms with Crippen molar-refractivity contribution in [1.29, 1.82) is 0 Å². The first kappa shape index (κ1) is 20.8. The summed E-state index contributed by atoms with van der Waals surface area (Å²) < 4.78 is 0. The Morgan fingerprint density at radius 3 is 2.38 bits per heavy atom. The highest BCUT2D eigenvalue weighted by atomic mass is 16.4. The van der Waals surface area contributed by atoms with Gasteiger partial charge in [-0.05, 0) is 50.0 Å². The van der Waals surface area contributed by atoms with Crippen molar-refractivity contribution in [2.45, 2.75) is 44.9 Å². The van der Waals surface area contributed by atoms with Gasteiger partial charge in [-0.1, -0.05) is 18.4 Å². The number of carbonyl (C=O) groups excluding carboxylic acids is 2. The topological polar surface area (TPSA) is 133 Å². The molecule has 2 saturated carbocycles. The Hall–Kier alpha value is -2.90. The van der Waals surface area contributed by atoms with E-state index < -0.39 is 36.6 Å². The molecule has 3 aliphatic carbocycles. The molecule has 0 aromatic heterocycles. The summed E-state index contributed by atoms with van der Waals surface area (Å²) in [6, 6.07) is 0. The van der Waals surface area contributed by atoms with E-state index in [4.69, 9.17) is 10.2 Å². The summed E-state index contributed by atoms with van der Waals surface area (Å²) in [6.45, 7) is -0.976. The van der Waals surface area contributed by atoms with Gasteiger partial charge in [0.2, 0.25) is 11.6 Å². The number of rotatable bonds is 7. The zero-order chi connectivity index (χ0) is 21.0. The predicted molar refractivity (Wildman–Crippen MR) is 104 cm³/mol. The fourth-order valence-electron chi connectivity index (χ4n) is 4.61. The van der Waals surface area contributed by atoms with Crippen LogP contribution in [0.5, 0.6) is 0 Å². The maximum Gasteiger partial charge on any atom is 0.322 e. The number of Topliss-reactive ketones (excluding diaryl/α,β-unsaturated/α-hetero) is 1. The summed E-state index contributed by atoms with van der Waals surface area (Å²) in [7, 11) is 0. The third-order valence-corrected chi connectivity index (χ3v) is 5.88. The van der Waals surface area contributed by atoms with Crippen LogP contribution in [0.15, 0.2) is 34.7 Å². The number of hydrogen-bond acceptors (Lipinski definition) is 6. The summed E-state index contributed by atoms with van der Waals surface area (Å²) in [5, 5.41) is 22.9. The van der Waals surface area contributed by atoms with Gasteiger partial charge >= 0.3 is 11.9 Å². The van der Waals surface area contributed by atoms with Crippen LogP contribution in [0.2, 0.25) is 0 Å². The van der Waals surface area contributed by atoms with E-state index in [-0.39, 0.29) is 17.0 Å². The summed E-state index contributed by atoms with van der Waals surface area (Å²) >= 11 is 0. The van der Waals surface area contributed by atoms with Crippen LogP contribution in [0.4, 0.5) is 0 Å².